The molecule has 1 aliphatic rings. The van der Waals surface area contributed by atoms with Crippen LogP contribution in [0.5, 0.6) is 11.5 Å². The molecule has 0 atom stereocenters. The Morgan fingerprint density at radius 3 is 2.52 bits per heavy atom. The van der Waals surface area contributed by atoms with Crippen molar-refractivity contribution < 1.29 is 14.3 Å². The topological polar surface area (TPSA) is 64.8 Å². The molecule has 1 amide bonds. The quantitative estimate of drug-likeness (QED) is 0.818. The highest BCUT2D eigenvalue weighted by atomic mass is 16.5. The van der Waals surface area contributed by atoms with Crippen LogP contribution in [0.15, 0.2) is 12.1 Å². The maximum absolute atomic E-state index is 12.7. The lowest BCUT2D eigenvalue weighted by Crippen LogP contribution is -2.37. The third kappa shape index (κ3) is 3.23. The van der Waals surface area contributed by atoms with E-state index in [-0.39, 0.29) is 5.91 Å². The van der Waals surface area contributed by atoms with Crippen LogP contribution < -0.4 is 15.2 Å². The van der Waals surface area contributed by atoms with E-state index in [4.69, 9.17) is 15.2 Å². The third-order valence-corrected chi connectivity index (χ3v) is 4.17. The first kappa shape index (κ1) is 15.5. The minimum Gasteiger partial charge on any atom is -0.497 e. The van der Waals surface area contributed by atoms with E-state index < -0.39 is 0 Å². The maximum atomic E-state index is 12.7. The highest BCUT2D eigenvalue weighted by Gasteiger charge is 2.25. The first-order valence-corrected chi connectivity index (χ1v) is 7.41. The molecule has 0 bridgehead atoms. The number of benzene rings is 1. The molecule has 1 aliphatic carbocycles. The fourth-order valence-corrected chi connectivity index (χ4v) is 2.58. The lowest BCUT2D eigenvalue weighted by molar-refractivity contribution is 0.0707. The molecule has 2 rings (SSSR count). The normalized spacial score (nSPS) is 14.4. The molecule has 1 fully saturated rings. The van der Waals surface area contributed by atoms with Gasteiger partial charge in [-0.05, 0) is 31.7 Å². The molecule has 0 heterocycles. The zero-order valence-corrected chi connectivity index (χ0v) is 13.0. The second-order valence-corrected chi connectivity index (χ2v) is 5.43. The first-order chi connectivity index (χ1) is 10.1. The monoisotopic (exact) mass is 292 g/mol. The third-order valence-electron chi connectivity index (χ3n) is 4.17. The van der Waals surface area contributed by atoms with Crippen LogP contribution in [0.2, 0.25) is 0 Å². The number of carbonyl (C=O) groups is 1. The minimum atomic E-state index is -0.0564. The van der Waals surface area contributed by atoms with Gasteiger partial charge in [-0.3, -0.25) is 4.79 Å². The summed E-state index contributed by atoms with van der Waals surface area (Å²) < 4.78 is 10.5. The van der Waals surface area contributed by atoms with Gasteiger partial charge in [0, 0.05) is 19.2 Å². The highest BCUT2D eigenvalue weighted by Crippen LogP contribution is 2.33. The van der Waals surface area contributed by atoms with Crippen LogP contribution >= 0.6 is 0 Å². The van der Waals surface area contributed by atoms with Crippen LogP contribution in [0.3, 0.4) is 0 Å². The molecule has 0 aliphatic heterocycles. The molecule has 0 radical (unpaired) electrons. The largest absolute Gasteiger partial charge is 0.497 e. The van der Waals surface area contributed by atoms with Gasteiger partial charge in [-0.15, -0.1) is 0 Å². The van der Waals surface area contributed by atoms with E-state index >= 15 is 0 Å². The zero-order chi connectivity index (χ0) is 15.4. The number of nitrogen functional groups attached to an aromatic ring is 1. The van der Waals surface area contributed by atoms with Crippen LogP contribution in [-0.4, -0.2) is 38.1 Å². The Hall–Kier alpha value is -1.91. The Labute approximate surface area is 126 Å². The Morgan fingerprint density at radius 1 is 1.33 bits per heavy atom. The van der Waals surface area contributed by atoms with Crippen LogP contribution in [0.1, 0.15) is 36.5 Å². The van der Waals surface area contributed by atoms with E-state index in [1.165, 1.54) is 26.4 Å². The van der Waals surface area contributed by atoms with Crippen molar-refractivity contribution in [1.29, 1.82) is 0 Å². The van der Waals surface area contributed by atoms with Gasteiger partial charge in [0.1, 0.15) is 11.5 Å². The van der Waals surface area contributed by atoms with Crippen LogP contribution in [0, 0.1) is 5.92 Å². The summed E-state index contributed by atoms with van der Waals surface area (Å²) >= 11 is 0. The summed E-state index contributed by atoms with van der Waals surface area (Å²) in [5.41, 5.74) is 6.88. The molecule has 116 valence electrons. The first-order valence-electron chi connectivity index (χ1n) is 7.41. The van der Waals surface area contributed by atoms with E-state index in [9.17, 15) is 4.79 Å². The summed E-state index contributed by atoms with van der Waals surface area (Å²) in [6, 6.07) is 3.37. The van der Waals surface area contributed by atoms with Crippen LogP contribution in [-0.2, 0) is 0 Å². The van der Waals surface area contributed by atoms with Crippen molar-refractivity contribution in [3.05, 3.63) is 17.7 Å². The second-order valence-electron chi connectivity index (χ2n) is 5.43. The average Bonchev–Trinajstić information content (AvgIpc) is 2.46. The van der Waals surface area contributed by atoms with E-state index in [0.717, 1.165) is 6.54 Å². The number of rotatable bonds is 6. The maximum Gasteiger partial charge on any atom is 0.256 e. The lowest BCUT2D eigenvalue weighted by atomic mass is 9.85. The Bertz CT molecular complexity index is 512. The number of amides is 1. The van der Waals surface area contributed by atoms with Crippen LogP contribution in [0.4, 0.5) is 5.69 Å². The Kier molecular flexibility index (Phi) is 4.94. The summed E-state index contributed by atoms with van der Waals surface area (Å²) in [6.07, 6.45) is 3.69. The number of anilines is 1. The van der Waals surface area contributed by atoms with Crippen molar-refractivity contribution in [2.75, 3.05) is 33.0 Å². The highest BCUT2D eigenvalue weighted by molar-refractivity contribution is 6.01. The average molecular weight is 292 g/mol. The molecule has 1 aromatic rings. The molecule has 5 heteroatoms. The second kappa shape index (κ2) is 6.70. The number of ether oxygens (including phenoxy) is 2. The predicted molar refractivity (Wildman–Crippen MR) is 82.9 cm³/mol. The predicted octanol–water partition coefficient (Wildman–Crippen LogP) is 2.55. The number of hydrogen-bond acceptors (Lipinski definition) is 4. The van der Waals surface area contributed by atoms with Crippen molar-refractivity contribution in [3.63, 3.8) is 0 Å². The number of hydrogen-bond donors (Lipinski definition) is 1. The number of nitrogens with zero attached hydrogens (tertiary/aromatic N) is 1. The van der Waals surface area contributed by atoms with E-state index in [1.54, 1.807) is 19.2 Å². The molecule has 5 nitrogen and oxygen atoms in total. The fourth-order valence-electron chi connectivity index (χ4n) is 2.58. The standard InChI is InChI=1S/C16H24N2O3/c1-4-18(10-11-6-5-7-11)16(19)13-8-12(20-2)9-14(21-3)15(13)17/h8-9,11H,4-7,10,17H2,1-3H3. The van der Waals surface area contributed by atoms with Crippen molar-refractivity contribution in [1.82, 2.24) is 4.90 Å². The lowest BCUT2D eigenvalue weighted by Gasteiger charge is -2.32. The summed E-state index contributed by atoms with van der Waals surface area (Å²) in [5, 5.41) is 0. The Morgan fingerprint density at radius 2 is 2.05 bits per heavy atom. The van der Waals surface area contributed by atoms with Gasteiger partial charge in [-0.2, -0.15) is 0 Å². The summed E-state index contributed by atoms with van der Waals surface area (Å²) in [6.45, 7) is 3.47. The van der Waals surface area contributed by atoms with Gasteiger partial charge in [-0.1, -0.05) is 6.42 Å². The van der Waals surface area contributed by atoms with Gasteiger partial charge < -0.3 is 20.1 Å². The van der Waals surface area contributed by atoms with Crippen molar-refractivity contribution in [2.45, 2.75) is 26.2 Å². The molecular weight excluding hydrogens is 268 g/mol. The SMILES string of the molecule is CCN(CC1CCC1)C(=O)c1cc(OC)cc(OC)c1N. The number of nitrogens with two attached hydrogens (primary N) is 1. The molecule has 1 aromatic carbocycles. The van der Waals surface area contributed by atoms with Gasteiger partial charge in [0.15, 0.2) is 0 Å². The zero-order valence-electron chi connectivity index (χ0n) is 13.0. The van der Waals surface area contributed by atoms with Gasteiger partial charge in [0.05, 0.1) is 25.5 Å². The molecule has 0 spiro atoms. The van der Waals surface area contributed by atoms with E-state index in [1.807, 2.05) is 11.8 Å². The molecule has 21 heavy (non-hydrogen) atoms. The van der Waals surface area contributed by atoms with Crippen molar-refractivity contribution in [3.8, 4) is 11.5 Å². The van der Waals surface area contributed by atoms with Gasteiger partial charge in [0.25, 0.3) is 5.91 Å². The molecule has 0 unspecified atom stereocenters. The molecule has 0 saturated heterocycles. The van der Waals surface area contributed by atoms with E-state index in [0.29, 0.717) is 35.2 Å². The van der Waals surface area contributed by atoms with Gasteiger partial charge in [0.2, 0.25) is 0 Å². The summed E-state index contributed by atoms with van der Waals surface area (Å²) in [4.78, 5) is 14.6. The van der Waals surface area contributed by atoms with E-state index in [2.05, 4.69) is 0 Å². The fraction of sp³-hybridized carbons (Fsp3) is 0.562. The summed E-state index contributed by atoms with van der Waals surface area (Å²) in [5.74, 6) is 1.61. The molecule has 2 N–H and O–H groups in total. The smallest absolute Gasteiger partial charge is 0.256 e. The summed E-state index contributed by atoms with van der Waals surface area (Å²) in [7, 11) is 3.09. The van der Waals surface area contributed by atoms with Crippen molar-refractivity contribution >= 4 is 11.6 Å². The molecule has 0 aromatic heterocycles. The Balaban J connectivity index is 2.27. The van der Waals surface area contributed by atoms with Gasteiger partial charge >= 0.3 is 0 Å². The number of carbonyl (C=O) groups excluding carboxylic acids is 1. The van der Waals surface area contributed by atoms with Gasteiger partial charge in [-0.25, -0.2) is 0 Å². The minimum absolute atomic E-state index is 0.0564. The van der Waals surface area contributed by atoms with Crippen molar-refractivity contribution in [2.24, 2.45) is 5.92 Å². The molecule has 1 saturated carbocycles. The van der Waals surface area contributed by atoms with Crippen LogP contribution in [0.25, 0.3) is 0 Å². The number of methoxy groups -OCH3 is 2. The molecular formula is C16H24N2O3.